The Morgan fingerprint density at radius 2 is 1.79 bits per heavy atom. The molecule has 0 spiro atoms. The molecule has 0 aliphatic carbocycles. The van der Waals surface area contributed by atoms with Crippen LogP contribution in [0.3, 0.4) is 0 Å². The molecule has 33 heavy (non-hydrogen) atoms. The number of carboxylic acid groups (broad SMARTS) is 1. The molecule has 4 rings (SSSR count). The number of rotatable bonds is 5. The van der Waals surface area contributed by atoms with Crippen molar-refractivity contribution in [3.05, 3.63) is 80.5 Å². The fourth-order valence-corrected chi connectivity index (χ4v) is 4.57. The number of nitrogens with zero attached hydrogens (tertiary/aromatic N) is 2. The van der Waals surface area contributed by atoms with E-state index in [0.717, 1.165) is 28.0 Å². The number of hydrogen-bond acceptors (Lipinski definition) is 5. The van der Waals surface area contributed by atoms with E-state index in [9.17, 15) is 19.5 Å². The van der Waals surface area contributed by atoms with E-state index in [1.54, 1.807) is 13.0 Å². The van der Waals surface area contributed by atoms with Gasteiger partial charge in [0.25, 0.3) is 5.56 Å². The Hall–Kier alpha value is -3.78. The normalized spacial score (nSPS) is 12.0. The lowest BCUT2D eigenvalue weighted by molar-refractivity contribution is -0.118. The lowest BCUT2D eigenvalue weighted by atomic mass is 10.1. The molecule has 2 aromatic carbocycles. The van der Waals surface area contributed by atoms with E-state index < -0.39 is 23.5 Å². The van der Waals surface area contributed by atoms with Crippen molar-refractivity contribution in [1.82, 2.24) is 9.55 Å². The molecule has 1 unspecified atom stereocenters. The van der Waals surface area contributed by atoms with Gasteiger partial charge in [0.15, 0.2) is 0 Å². The highest BCUT2D eigenvalue weighted by Gasteiger charge is 2.26. The molecular formula is C25H23N3O4S. The maximum absolute atomic E-state index is 13.6. The zero-order valence-corrected chi connectivity index (χ0v) is 19.5. The number of aryl methyl sites for hydroxylation is 2. The summed E-state index contributed by atoms with van der Waals surface area (Å²) in [5, 5.41) is 13.9. The Labute approximate surface area is 194 Å². The number of aromatic nitrogens is 2. The summed E-state index contributed by atoms with van der Waals surface area (Å²) in [7, 11) is 0. The fraction of sp³-hybridized carbons (Fsp3) is 0.200. The molecule has 0 fully saturated rings. The van der Waals surface area contributed by atoms with E-state index in [2.05, 4.69) is 10.3 Å². The molecule has 1 amide bonds. The number of hydrogen-bond donors (Lipinski definition) is 2. The van der Waals surface area contributed by atoms with Gasteiger partial charge in [-0.05, 0) is 44.9 Å². The van der Waals surface area contributed by atoms with Gasteiger partial charge in [-0.3, -0.25) is 14.2 Å². The van der Waals surface area contributed by atoms with Crippen LogP contribution in [0, 0.1) is 20.8 Å². The molecule has 0 aliphatic heterocycles. The molecule has 8 heteroatoms. The highest BCUT2D eigenvalue weighted by atomic mass is 32.1. The maximum atomic E-state index is 13.6. The summed E-state index contributed by atoms with van der Waals surface area (Å²) in [6, 6.07) is 12.1. The first-order valence-corrected chi connectivity index (χ1v) is 11.3. The van der Waals surface area contributed by atoms with Crippen molar-refractivity contribution in [2.24, 2.45) is 0 Å². The molecule has 0 aliphatic rings. The number of amides is 1. The molecule has 2 N–H and O–H groups in total. The lowest BCUT2D eigenvalue weighted by Crippen LogP contribution is -2.34. The molecule has 4 aromatic rings. The molecule has 0 saturated heterocycles. The van der Waals surface area contributed by atoms with Crippen LogP contribution in [-0.2, 0) is 4.79 Å². The van der Waals surface area contributed by atoms with Gasteiger partial charge in [0.1, 0.15) is 16.7 Å². The zero-order valence-electron chi connectivity index (χ0n) is 18.7. The summed E-state index contributed by atoms with van der Waals surface area (Å²) >= 11 is 1.10. The molecule has 7 nitrogen and oxygen atoms in total. The second kappa shape index (κ2) is 8.63. The Kier molecular flexibility index (Phi) is 5.86. The van der Waals surface area contributed by atoms with Crippen molar-refractivity contribution in [1.29, 1.82) is 0 Å². The topological polar surface area (TPSA) is 101 Å². The minimum Gasteiger partial charge on any atom is -0.478 e. The van der Waals surface area contributed by atoms with E-state index in [4.69, 9.17) is 0 Å². The summed E-state index contributed by atoms with van der Waals surface area (Å²) in [6.07, 6.45) is 0. The number of carbonyl (C=O) groups is 2. The van der Waals surface area contributed by atoms with Gasteiger partial charge in [0, 0.05) is 16.6 Å². The molecule has 0 radical (unpaired) electrons. The van der Waals surface area contributed by atoms with Crippen molar-refractivity contribution in [2.75, 3.05) is 5.32 Å². The van der Waals surface area contributed by atoms with Crippen molar-refractivity contribution in [3.63, 3.8) is 0 Å². The minimum absolute atomic E-state index is 0.00903. The number of nitrogens with one attached hydrogen (secondary N) is 1. The average molecular weight is 462 g/mol. The van der Waals surface area contributed by atoms with Crippen molar-refractivity contribution >= 4 is 39.1 Å². The summed E-state index contributed by atoms with van der Waals surface area (Å²) in [4.78, 5) is 43.5. The molecular weight excluding hydrogens is 438 g/mol. The number of carboxylic acids is 1. The van der Waals surface area contributed by atoms with Crippen LogP contribution in [0.5, 0.6) is 0 Å². The standard InChI is InChI=1S/C25H23N3O4S/c1-13-8-10-17(11-9-13)21-27-23-20(18(12-33-23)25(31)32)24(30)28(21)16(4)22(29)26-19-7-5-6-14(2)15(19)3/h5-12,16H,1-4H3,(H,26,29)(H,31,32). The SMILES string of the molecule is Cc1ccc(-c2nc3scc(C(=O)O)c3c(=O)n2C(C)C(=O)Nc2cccc(C)c2C)cc1. The Balaban J connectivity index is 1.89. The van der Waals surface area contributed by atoms with Crippen LogP contribution in [0.25, 0.3) is 21.6 Å². The van der Waals surface area contributed by atoms with E-state index in [-0.39, 0.29) is 10.9 Å². The van der Waals surface area contributed by atoms with Crippen LogP contribution in [0.1, 0.15) is 40.0 Å². The maximum Gasteiger partial charge on any atom is 0.337 e. The average Bonchev–Trinajstić information content (AvgIpc) is 3.22. The van der Waals surface area contributed by atoms with E-state index >= 15 is 0 Å². The number of benzene rings is 2. The second-order valence-corrected chi connectivity index (χ2v) is 8.88. The summed E-state index contributed by atoms with van der Waals surface area (Å²) in [5.41, 5.74) is 3.66. The monoisotopic (exact) mass is 461 g/mol. The minimum atomic E-state index is -1.21. The molecule has 2 heterocycles. The second-order valence-electron chi connectivity index (χ2n) is 8.02. The number of thiophene rings is 1. The smallest absolute Gasteiger partial charge is 0.337 e. The molecule has 2 aromatic heterocycles. The molecule has 1 atom stereocenters. The fourth-order valence-electron chi connectivity index (χ4n) is 3.67. The number of fused-ring (bicyclic) bond motifs is 1. The van der Waals surface area contributed by atoms with E-state index in [1.165, 1.54) is 9.95 Å². The van der Waals surface area contributed by atoms with E-state index in [1.807, 2.05) is 57.2 Å². The molecule has 168 valence electrons. The third-order valence-electron chi connectivity index (χ3n) is 5.81. The van der Waals surface area contributed by atoms with Gasteiger partial charge < -0.3 is 10.4 Å². The van der Waals surface area contributed by atoms with Crippen molar-refractivity contribution < 1.29 is 14.7 Å². The Morgan fingerprint density at radius 1 is 1.09 bits per heavy atom. The van der Waals surface area contributed by atoms with Crippen LogP contribution >= 0.6 is 11.3 Å². The number of anilines is 1. The van der Waals surface area contributed by atoms with E-state index in [0.29, 0.717) is 21.9 Å². The Bertz CT molecular complexity index is 1450. The van der Waals surface area contributed by atoms with Gasteiger partial charge in [-0.15, -0.1) is 11.3 Å². The molecule has 0 saturated carbocycles. The number of carbonyl (C=O) groups excluding carboxylic acids is 1. The van der Waals surface area contributed by atoms with Gasteiger partial charge in [-0.2, -0.15) is 0 Å². The third kappa shape index (κ3) is 4.05. The highest BCUT2D eigenvalue weighted by Crippen LogP contribution is 2.28. The largest absolute Gasteiger partial charge is 0.478 e. The summed E-state index contributed by atoms with van der Waals surface area (Å²) in [5.74, 6) is -1.29. The van der Waals surface area contributed by atoms with Crippen LogP contribution in [0.15, 0.2) is 52.6 Å². The van der Waals surface area contributed by atoms with Crippen molar-refractivity contribution in [3.8, 4) is 11.4 Å². The summed E-state index contributed by atoms with van der Waals surface area (Å²) < 4.78 is 1.28. The predicted octanol–water partition coefficient (Wildman–Crippen LogP) is 4.95. The third-order valence-corrected chi connectivity index (χ3v) is 6.68. The van der Waals surface area contributed by atoms with Crippen LogP contribution < -0.4 is 10.9 Å². The summed E-state index contributed by atoms with van der Waals surface area (Å²) in [6.45, 7) is 7.43. The van der Waals surface area contributed by atoms with Gasteiger partial charge >= 0.3 is 5.97 Å². The number of aromatic carboxylic acids is 1. The first kappa shape index (κ1) is 22.4. The van der Waals surface area contributed by atoms with Crippen LogP contribution in [-0.4, -0.2) is 26.5 Å². The van der Waals surface area contributed by atoms with Gasteiger partial charge in [-0.25, -0.2) is 9.78 Å². The van der Waals surface area contributed by atoms with Crippen molar-refractivity contribution in [2.45, 2.75) is 33.7 Å². The first-order chi connectivity index (χ1) is 15.7. The quantitative estimate of drug-likeness (QED) is 0.438. The van der Waals surface area contributed by atoms with Gasteiger partial charge in [0.05, 0.1) is 10.9 Å². The zero-order chi connectivity index (χ0) is 23.9. The van der Waals surface area contributed by atoms with Gasteiger partial charge in [0.2, 0.25) is 5.91 Å². The molecule has 0 bridgehead atoms. The van der Waals surface area contributed by atoms with Gasteiger partial charge in [-0.1, -0.05) is 42.0 Å². The predicted molar refractivity (Wildman–Crippen MR) is 130 cm³/mol. The highest BCUT2D eigenvalue weighted by molar-refractivity contribution is 7.17. The van der Waals surface area contributed by atoms with Crippen LogP contribution in [0.2, 0.25) is 0 Å². The lowest BCUT2D eigenvalue weighted by Gasteiger charge is -2.20. The van der Waals surface area contributed by atoms with Crippen LogP contribution in [0.4, 0.5) is 5.69 Å². The Morgan fingerprint density at radius 3 is 2.45 bits per heavy atom. The first-order valence-electron chi connectivity index (χ1n) is 10.4.